The van der Waals surface area contributed by atoms with E-state index in [1.165, 1.54) is 16.6 Å². The van der Waals surface area contributed by atoms with Gasteiger partial charge in [0.15, 0.2) is 0 Å². The Kier molecular flexibility index (Phi) is 3.80. The van der Waals surface area contributed by atoms with Gasteiger partial charge in [0.2, 0.25) is 0 Å². The molecule has 25 heavy (non-hydrogen) atoms. The molecular formula is C21H21N3O. The summed E-state index contributed by atoms with van der Waals surface area (Å²) in [6.45, 7) is 2.70. The van der Waals surface area contributed by atoms with Crippen LogP contribution in [0, 0.1) is 6.92 Å². The van der Waals surface area contributed by atoms with Crippen molar-refractivity contribution < 1.29 is 4.79 Å². The molecule has 126 valence electrons. The summed E-state index contributed by atoms with van der Waals surface area (Å²) in [5.74, 6) is -0.0232. The van der Waals surface area contributed by atoms with Crippen molar-refractivity contribution in [1.29, 1.82) is 0 Å². The summed E-state index contributed by atoms with van der Waals surface area (Å²) >= 11 is 0. The number of carbonyl (C=O) groups excluding carboxylic acids is 1. The van der Waals surface area contributed by atoms with Gasteiger partial charge in [-0.05, 0) is 37.1 Å². The molecule has 0 fully saturated rings. The van der Waals surface area contributed by atoms with Crippen molar-refractivity contribution in [3.8, 4) is 0 Å². The first-order chi connectivity index (χ1) is 12.1. The van der Waals surface area contributed by atoms with Crippen LogP contribution in [0.5, 0.6) is 0 Å². The highest BCUT2D eigenvalue weighted by Gasteiger charge is 2.13. The zero-order valence-electron chi connectivity index (χ0n) is 14.5. The molecule has 0 saturated carbocycles. The monoisotopic (exact) mass is 331 g/mol. The molecule has 0 aliphatic heterocycles. The number of amides is 1. The number of para-hydroxylation sites is 2. The quantitative estimate of drug-likeness (QED) is 0.585. The maximum atomic E-state index is 12.7. The smallest absolute Gasteiger partial charge is 0.253 e. The van der Waals surface area contributed by atoms with Crippen molar-refractivity contribution in [2.24, 2.45) is 7.05 Å². The van der Waals surface area contributed by atoms with E-state index in [0.717, 1.165) is 28.4 Å². The standard InChI is InChI=1S/C21H21N3O/c1-14-16(17-7-3-4-9-19(17)23-14)10-12-22-21(25)18-8-5-6-15-11-13-24(2)20(15)18/h3-9,11,13,23H,10,12H2,1-2H3,(H,22,25). The molecule has 0 saturated heterocycles. The average molecular weight is 331 g/mol. The molecule has 4 heteroatoms. The van der Waals surface area contributed by atoms with Crippen molar-refractivity contribution in [2.75, 3.05) is 6.54 Å². The first kappa shape index (κ1) is 15.5. The van der Waals surface area contributed by atoms with Gasteiger partial charge in [-0.25, -0.2) is 0 Å². The third-order valence-corrected chi connectivity index (χ3v) is 4.83. The van der Waals surface area contributed by atoms with Gasteiger partial charge in [-0.15, -0.1) is 0 Å². The molecule has 0 unspecified atom stereocenters. The summed E-state index contributed by atoms with van der Waals surface area (Å²) in [5.41, 5.74) is 5.28. The number of aromatic amines is 1. The largest absolute Gasteiger partial charge is 0.358 e. The van der Waals surface area contributed by atoms with E-state index in [9.17, 15) is 4.79 Å². The fourth-order valence-electron chi connectivity index (χ4n) is 3.59. The van der Waals surface area contributed by atoms with Gasteiger partial charge in [0.25, 0.3) is 5.91 Å². The van der Waals surface area contributed by atoms with E-state index in [-0.39, 0.29) is 5.91 Å². The third kappa shape index (κ3) is 2.70. The Balaban J connectivity index is 1.52. The maximum Gasteiger partial charge on any atom is 0.253 e. The summed E-state index contributed by atoms with van der Waals surface area (Å²) in [7, 11) is 1.97. The lowest BCUT2D eigenvalue weighted by molar-refractivity contribution is 0.0955. The lowest BCUT2D eigenvalue weighted by Gasteiger charge is -2.08. The molecule has 0 bridgehead atoms. The topological polar surface area (TPSA) is 49.8 Å². The summed E-state index contributed by atoms with van der Waals surface area (Å²) < 4.78 is 1.99. The fourth-order valence-corrected chi connectivity index (χ4v) is 3.59. The molecule has 2 heterocycles. The average Bonchev–Trinajstić information content (AvgIpc) is 3.15. The van der Waals surface area contributed by atoms with Crippen molar-refractivity contribution >= 4 is 27.7 Å². The van der Waals surface area contributed by atoms with Crippen LogP contribution >= 0.6 is 0 Å². The molecule has 2 N–H and O–H groups in total. The molecule has 1 amide bonds. The van der Waals surface area contributed by atoms with Gasteiger partial charge >= 0.3 is 0 Å². The number of hydrogen-bond acceptors (Lipinski definition) is 1. The zero-order valence-corrected chi connectivity index (χ0v) is 14.5. The Labute approximate surface area is 146 Å². The number of carbonyl (C=O) groups is 1. The van der Waals surface area contributed by atoms with Gasteiger partial charge < -0.3 is 14.9 Å². The highest BCUT2D eigenvalue weighted by atomic mass is 16.1. The summed E-state index contributed by atoms with van der Waals surface area (Å²) in [4.78, 5) is 16.1. The first-order valence-corrected chi connectivity index (χ1v) is 8.53. The number of nitrogens with zero attached hydrogens (tertiary/aromatic N) is 1. The lowest BCUT2D eigenvalue weighted by Crippen LogP contribution is -2.26. The number of aryl methyl sites for hydroxylation is 2. The van der Waals surface area contributed by atoms with Gasteiger partial charge in [-0.3, -0.25) is 4.79 Å². The van der Waals surface area contributed by atoms with Gasteiger partial charge in [0.05, 0.1) is 11.1 Å². The Morgan fingerprint density at radius 2 is 1.96 bits per heavy atom. The molecule has 4 aromatic rings. The summed E-state index contributed by atoms with van der Waals surface area (Å²) in [5, 5.41) is 5.39. The number of fused-ring (bicyclic) bond motifs is 2. The normalized spacial score (nSPS) is 11.3. The number of benzene rings is 2. The molecule has 2 aromatic heterocycles. The predicted molar refractivity (Wildman–Crippen MR) is 102 cm³/mol. The Morgan fingerprint density at radius 1 is 1.12 bits per heavy atom. The number of H-pyrrole nitrogens is 1. The van der Waals surface area contributed by atoms with E-state index in [2.05, 4.69) is 29.4 Å². The van der Waals surface area contributed by atoms with Gasteiger partial charge in [-0.1, -0.05) is 30.3 Å². The summed E-state index contributed by atoms with van der Waals surface area (Å²) in [6, 6.07) is 16.2. The van der Waals surface area contributed by atoms with Gasteiger partial charge in [0, 0.05) is 41.8 Å². The molecular weight excluding hydrogens is 310 g/mol. The zero-order chi connectivity index (χ0) is 17.4. The lowest BCUT2D eigenvalue weighted by atomic mass is 10.1. The van der Waals surface area contributed by atoms with Crippen molar-refractivity contribution in [3.05, 3.63) is 71.5 Å². The van der Waals surface area contributed by atoms with E-state index >= 15 is 0 Å². The fraction of sp³-hybridized carbons (Fsp3) is 0.190. The first-order valence-electron chi connectivity index (χ1n) is 8.53. The SMILES string of the molecule is Cc1[nH]c2ccccc2c1CCNC(=O)c1cccc2ccn(C)c12. The van der Waals surface area contributed by atoms with Crippen LogP contribution in [-0.2, 0) is 13.5 Å². The van der Waals surface area contributed by atoms with Crippen LogP contribution in [0.25, 0.3) is 21.8 Å². The second-order valence-corrected chi connectivity index (χ2v) is 6.45. The highest BCUT2D eigenvalue weighted by molar-refractivity contribution is 6.06. The van der Waals surface area contributed by atoms with Crippen LogP contribution in [0.3, 0.4) is 0 Å². The molecule has 0 atom stereocenters. The van der Waals surface area contributed by atoms with Crippen molar-refractivity contribution in [1.82, 2.24) is 14.9 Å². The molecule has 4 rings (SSSR count). The second-order valence-electron chi connectivity index (χ2n) is 6.45. The van der Waals surface area contributed by atoms with Crippen LogP contribution in [-0.4, -0.2) is 22.0 Å². The Bertz CT molecular complexity index is 1070. The van der Waals surface area contributed by atoms with E-state index in [4.69, 9.17) is 0 Å². The van der Waals surface area contributed by atoms with Gasteiger partial charge in [-0.2, -0.15) is 0 Å². The van der Waals surface area contributed by atoms with Crippen LogP contribution in [0.2, 0.25) is 0 Å². The van der Waals surface area contributed by atoms with E-state index in [0.29, 0.717) is 6.54 Å². The number of aromatic nitrogens is 2. The molecule has 0 radical (unpaired) electrons. The molecule has 2 aromatic carbocycles. The predicted octanol–water partition coefficient (Wildman–Crippen LogP) is 3.94. The third-order valence-electron chi connectivity index (χ3n) is 4.83. The summed E-state index contributed by atoms with van der Waals surface area (Å²) in [6.07, 6.45) is 2.79. The number of hydrogen-bond donors (Lipinski definition) is 2. The molecule has 0 spiro atoms. The Hall–Kier alpha value is -3.01. The maximum absolute atomic E-state index is 12.7. The molecule has 0 aliphatic carbocycles. The van der Waals surface area contributed by atoms with E-state index < -0.39 is 0 Å². The van der Waals surface area contributed by atoms with E-state index in [1.54, 1.807) is 0 Å². The minimum Gasteiger partial charge on any atom is -0.358 e. The van der Waals surface area contributed by atoms with E-state index in [1.807, 2.05) is 54.2 Å². The highest BCUT2D eigenvalue weighted by Crippen LogP contribution is 2.22. The molecule has 0 aliphatic rings. The second kappa shape index (κ2) is 6.13. The van der Waals surface area contributed by atoms with Crippen molar-refractivity contribution in [3.63, 3.8) is 0 Å². The Morgan fingerprint density at radius 3 is 2.84 bits per heavy atom. The van der Waals surface area contributed by atoms with Crippen LogP contribution in [0.1, 0.15) is 21.6 Å². The van der Waals surface area contributed by atoms with Crippen molar-refractivity contribution in [2.45, 2.75) is 13.3 Å². The molecule has 4 nitrogen and oxygen atoms in total. The van der Waals surface area contributed by atoms with Gasteiger partial charge in [0.1, 0.15) is 0 Å². The minimum atomic E-state index is -0.0232. The minimum absolute atomic E-state index is 0.0232. The van der Waals surface area contributed by atoms with Crippen LogP contribution < -0.4 is 5.32 Å². The van der Waals surface area contributed by atoms with Crippen LogP contribution in [0.4, 0.5) is 0 Å². The van der Waals surface area contributed by atoms with Crippen LogP contribution in [0.15, 0.2) is 54.7 Å². The number of rotatable bonds is 4. The number of nitrogens with one attached hydrogen (secondary N) is 2.